The Morgan fingerprint density at radius 2 is 1.79 bits per heavy atom. The summed E-state index contributed by atoms with van der Waals surface area (Å²) in [6.45, 7) is 15.1. The van der Waals surface area contributed by atoms with Gasteiger partial charge in [-0.15, -0.1) is 24.0 Å². The van der Waals surface area contributed by atoms with Crippen LogP contribution in [-0.4, -0.2) is 68.1 Å². The molecule has 0 radical (unpaired) electrons. The van der Waals surface area contributed by atoms with Gasteiger partial charge in [0.1, 0.15) is 0 Å². The molecule has 0 unspecified atom stereocenters. The third-order valence-corrected chi connectivity index (χ3v) is 3.27. The maximum Gasteiger partial charge on any atom is 0.188 e. The van der Waals surface area contributed by atoms with Crippen LogP contribution >= 0.6 is 24.0 Å². The maximum absolute atomic E-state index is 5.79. The van der Waals surface area contributed by atoms with Crippen LogP contribution in [0.2, 0.25) is 0 Å². The van der Waals surface area contributed by atoms with Crippen molar-refractivity contribution >= 4 is 29.9 Å². The van der Waals surface area contributed by atoms with E-state index >= 15 is 0 Å². The topological polar surface area (TPSA) is 56.9 Å². The maximum atomic E-state index is 5.79. The molecule has 5 nitrogen and oxygen atoms in total. The van der Waals surface area contributed by atoms with Crippen LogP contribution in [0.4, 0.5) is 0 Å². The Bertz CT molecular complexity index is 249. The third-order valence-electron chi connectivity index (χ3n) is 3.27. The lowest BCUT2D eigenvalue weighted by molar-refractivity contribution is 0.139. The number of aliphatic imine (C=N–C) groups is 1. The van der Waals surface area contributed by atoms with Crippen molar-refractivity contribution in [3.8, 4) is 0 Å². The summed E-state index contributed by atoms with van der Waals surface area (Å²) < 4.78 is 0. The minimum Gasteiger partial charge on any atom is -0.370 e. The molecule has 1 aliphatic heterocycles. The molecule has 1 saturated heterocycles. The monoisotopic (exact) mass is 383 g/mol. The quantitative estimate of drug-likeness (QED) is 0.405. The van der Waals surface area contributed by atoms with Crippen LogP contribution in [-0.2, 0) is 0 Å². The van der Waals surface area contributed by atoms with Gasteiger partial charge in [0.2, 0.25) is 0 Å². The van der Waals surface area contributed by atoms with Gasteiger partial charge in [0, 0.05) is 45.8 Å². The second kappa shape index (κ2) is 10.7. The van der Waals surface area contributed by atoms with Crippen LogP contribution in [0.15, 0.2) is 4.99 Å². The summed E-state index contributed by atoms with van der Waals surface area (Å²) in [5, 5.41) is 3.18. The van der Waals surface area contributed by atoms with Crippen molar-refractivity contribution in [2.75, 3.05) is 52.4 Å². The summed E-state index contributed by atoms with van der Waals surface area (Å²) >= 11 is 0. The first-order valence-corrected chi connectivity index (χ1v) is 7.10. The number of piperazine rings is 1. The smallest absolute Gasteiger partial charge is 0.188 e. The average Bonchev–Trinajstić information content (AvgIpc) is 2.37. The second-order valence-electron chi connectivity index (χ2n) is 5.32. The molecule has 0 atom stereocenters. The molecule has 0 saturated carbocycles. The molecule has 0 aromatic rings. The first-order chi connectivity index (χ1) is 8.61. The Balaban J connectivity index is 0.00000324. The molecular formula is C13H30IN5. The van der Waals surface area contributed by atoms with Crippen LogP contribution < -0.4 is 11.1 Å². The Kier molecular flexibility index (Phi) is 10.6. The summed E-state index contributed by atoms with van der Waals surface area (Å²) in [7, 11) is 0. The van der Waals surface area contributed by atoms with Crippen LogP contribution in [0, 0.1) is 5.92 Å². The summed E-state index contributed by atoms with van der Waals surface area (Å²) in [5.74, 6) is 1.14. The molecular weight excluding hydrogens is 353 g/mol. The molecule has 114 valence electrons. The first kappa shape index (κ1) is 18.9. The minimum atomic E-state index is 0. The van der Waals surface area contributed by atoms with E-state index in [1.165, 1.54) is 32.7 Å². The van der Waals surface area contributed by atoms with E-state index < -0.39 is 0 Å². The van der Waals surface area contributed by atoms with Gasteiger partial charge in [0.25, 0.3) is 0 Å². The molecule has 1 rings (SSSR count). The van der Waals surface area contributed by atoms with E-state index in [9.17, 15) is 0 Å². The Morgan fingerprint density at radius 1 is 1.21 bits per heavy atom. The molecule has 19 heavy (non-hydrogen) atoms. The van der Waals surface area contributed by atoms with Gasteiger partial charge >= 0.3 is 0 Å². The fourth-order valence-electron chi connectivity index (χ4n) is 2.01. The van der Waals surface area contributed by atoms with Crippen LogP contribution in [0.1, 0.15) is 20.8 Å². The highest BCUT2D eigenvalue weighted by molar-refractivity contribution is 14.0. The normalized spacial score (nSPS) is 18.4. The third kappa shape index (κ3) is 8.65. The van der Waals surface area contributed by atoms with Gasteiger partial charge in [-0.3, -0.25) is 9.89 Å². The molecule has 0 aliphatic carbocycles. The second-order valence-corrected chi connectivity index (χ2v) is 5.32. The SMILES string of the molecule is CCN1CCN(CCNC(N)=NCC(C)C)CC1.I. The lowest BCUT2D eigenvalue weighted by Crippen LogP contribution is -2.48. The zero-order valence-corrected chi connectivity index (χ0v) is 14.9. The van der Waals surface area contributed by atoms with Crippen molar-refractivity contribution in [3.05, 3.63) is 0 Å². The van der Waals surface area contributed by atoms with E-state index in [0.29, 0.717) is 11.9 Å². The van der Waals surface area contributed by atoms with Gasteiger partial charge in [-0.1, -0.05) is 20.8 Å². The molecule has 1 heterocycles. The molecule has 6 heteroatoms. The van der Waals surface area contributed by atoms with Gasteiger partial charge < -0.3 is 16.0 Å². The van der Waals surface area contributed by atoms with E-state index in [-0.39, 0.29) is 24.0 Å². The van der Waals surface area contributed by atoms with E-state index in [4.69, 9.17) is 5.73 Å². The zero-order valence-electron chi connectivity index (χ0n) is 12.6. The number of nitrogens with two attached hydrogens (primary N) is 1. The largest absolute Gasteiger partial charge is 0.370 e. The van der Waals surface area contributed by atoms with Gasteiger partial charge in [-0.25, -0.2) is 0 Å². The molecule has 0 spiro atoms. The van der Waals surface area contributed by atoms with Gasteiger partial charge in [-0.05, 0) is 12.5 Å². The number of nitrogens with zero attached hydrogens (tertiary/aromatic N) is 3. The summed E-state index contributed by atoms with van der Waals surface area (Å²) in [6.07, 6.45) is 0. The predicted molar refractivity (Wildman–Crippen MR) is 93.3 cm³/mol. The van der Waals surface area contributed by atoms with E-state index in [0.717, 1.165) is 19.6 Å². The van der Waals surface area contributed by atoms with Crippen molar-refractivity contribution in [2.45, 2.75) is 20.8 Å². The highest BCUT2D eigenvalue weighted by Gasteiger charge is 2.14. The van der Waals surface area contributed by atoms with Gasteiger partial charge in [0.05, 0.1) is 0 Å². The fourth-order valence-corrected chi connectivity index (χ4v) is 2.01. The molecule has 0 aromatic heterocycles. The van der Waals surface area contributed by atoms with Crippen molar-refractivity contribution in [2.24, 2.45) is 16.6 Å². The molecule has 0 aromatic carbocycles. The number of hydrogen-bond acceptors (Lipinski definition) is 3. The minimum absolute atomic E-state index is 0. The summed E-state index contributed by atoms with van der Waals surface area (Å²) in [5.41, 5.74) is 5.79. The Hall–Kier alpha value is -0.0800. The molecule has 1 fully saturated rings. The summed E-state index contributed by atoms with van der Waals surface area (Å²) in [6, 6.07) is 0. The molecule has 0 bridgehead atoms. The highest BCUT2D eigenvalue weighted by Crippen LogP contribution is 1.99. The lowest BCUT2D eigenvalue weighted by atomic mass is 10.2. The van der Waals surface area contributed by atoms with E-state index in [1.807, 2.05) is 0 Å². The number of guanidine groups is 1. The molecule has 1 aliphatic rings. The Labute approximate surface area is 135 Å². The molecule has 0 amide bonds. The fraction of sp³-hybridized carbons (Fsp3) is 0.923. The van der Waals surface area contributed by atoms with E-state index in [2.05, 4.69) is 40.9 Å². The van der Waals surface area contributed by atoms with Crippen molar-refractivity contribution < 1.29 is 0 Å². The van der Waals surface area contributed by atoms with Crippen LogP contribution in [0.3, 0.4) is 0 Å². The molecule has 3 N–H and O–H groups in total. The predicted octanol–water partition coefficient (Wildman–Crippen LogP) is 0.802. The number of likely N-dealkylation sites (N-methyl/N-ethyl adjacent to an activating group) is 1. The lowest BCUT2D eigenvalue weighted by Gasteiger charge is -2.33. The van der Waals surface area contributed by atoms with Crippen molar-refractivity contribution in [1.29, 1.82) is 0 Å². The number of rotatable bonds is 6. The highest BCUT2D eigenvalue weighted by atomic mass is 127. The standard InChI is InChI=1S/C13H29N5.HI/c1-4-17-7-9-18(10-8-17)6-5-15-13(14)16-11-12(2)3;/h12H,4-11H2,1-3H3,(H3,14,15,16);1H. The number of hydrogen-bond donors (Lipinski definition) is 2. The van der Waals surface area contributed by atoms with E-state index in [1.54, 1.807) is 0 Å². The van der Waals surface area contributed by atoms with Gasteiger partial charge in [0.15, 0.2) is 5.96 Å². The van der Waals surface area contributed by atoms with Crippen molar-refractivity contribution in [3.63, 3.8) is 0 Å². The zero-order chi connectivity index (χ0) is 13.4. The van der Waals surface area contributed by atoms with Crippen molar-refractivity contribution in [1.82, 2.24) is 15.1 Å². The Morgan fingerprint density at radius 3 is 2.32 bits per heavy atom. The average molecular weight is 383 g/mol. The van der Waals surface area contributed by atoms with Crippen LogP contribution in [0.5, 0.6) is 0 Å². The number of nitrogens with one attached hydrogen (secondary N) is 1. The first-order valence-electron chi connectivity index (χ1n) is 7.10. The van der Waals surface area contributed by atoms with Gasteiger partial charge in [-0.2, -0.15) is 0 Å². The summed E-state index contributed by atoms with van der Waals surface area (Å²) in [4.78, 5) is 9.26. The van der Waals surface area contributed by atoms with Crippen LogP contribution in [0.25, 0.3) is 0 Å². The number of halogens is 1.